The van der Waals surface area contributed by atoms with E-state index < -0.39 is 10.4 Å². The predicted molar refractivity (Wildman–Crippen MR) is 20.8 cm³/mol. The fourth-order valence-corrected chi connectivity index (χ4v) is 0. The second-order valence-corrected chi connectivity index (χ2v) is 1.78. The summed E-state index contributed by atoms with van der Waals surface area (Å²) in [5.74, 6) is 0. The Kier molecular flexibility index (Phi) is 14.4. The molecular weight excluding hydrogens is 154 g/mol. The van der Waals surface area contributed by atoms with Crippen LogP contribution in [-0.4, -0.2) is 20.1 Å². The summed E-state index contributed by atoms with van der Waals surface area (Å²) in [6.07, 6.45) is 0. The average Bonchev–Trinajstić information content (AvgIpc) is 1.35. The van der Waals surface area contributed by atoms with Gasteiger partial charge in [0.15, 0.2) is 0 Å². The molecule has 0 aliphatic carbocycles. The SMILES string of the molecule is COS(=O)(=O)O.[H-].[H-].[Na+].[Na+]. The third-order valence-corrected chi connectivity index (χ3v) is 0.632. The first-order valence-corrected chi connectivity index (χ1v) is 2.46. The quantitative estimate of drug-likeness (QED) is 0.306. The van der Waals surface area contributed by atoms with E-state index in [1.807, 2.05) is 0 Å². The van der Waals surface area contributed by atoms with Crippen LogP contribution in [0.3, 0.4) is 0 Å². The van der Waals surface area contributed by atoms with Crippen LogP contribution in [0.1, 0.15) is 2.85 Å². The van der Waals surface area contributed by atoms with E-state index in [1.165, 1.54) is 0 Å². The summed E-state index contributed by atoms with van der Waals surface area (Å²) in [6, 6.07) is 0. The van der Waals surface area contributed by atoms with E-state index in [9.17, 15) is 8.42 Å². The fourth-order valence-electron chi connectivity index (χ4n) is 0. The van der Waals surface area contributed by atoms with Crippen LogP contribution >= 0.6 is 0 Å². The van der Waals surface area contributed by atoms with Gasteiger partial charge in [0.25, 0.3) is 0 Å². The van der Waals surface area contributed by atoms with Crippen molar-refractivity contribution in [2.24, 2.45) is 0 Å². The molecule has 4 nitrogen and oxygen atoms in total. The normalized spacial score (nSPS) is 8.75. The molecule has 1 N–H and O–H groups in total. The van der Waals surface area contributed by atoms with Crippen LogP contribution < -0.4 is 59.1 Å². The molecule has 0 atom stereocenters. The van der Waals surface area contributed by atoms with Crippen LogP contribution in [0, 0.1) is 0 Å². The van der Waals surface area contributed by atoms with Gasteiger partial charge in [-0.1, -0.05) is 0 Å². The molecule has 0 aromatic rings. The summed E-state index contributed by atoms with van der Waals surface area (Å²) >= 11 is 0. The molecule has 7 heteroatoms. The number of hydrogen-bond acceptors (Lipinski definition) is 3. The van der Waals surface area contributed by atoms with Gasteiger partial charge in [0.05, 0.1) is 7.11 Å². The van der Waals surface area contributed by atoms with Crippen molar-refractivity contribution in [1.29, 1.82) is 0 Å². The summed E-state index contributed by atoms with van der Waals surface area (Å²) < 4.78 is 29.7. The molecule has 0 aliphatic rings. The van der Waals surface area contributed by atoms with Gasteiger partial charge in [-0.15, -0.1) is 0 Å². The Morgan fingerprint density at radius 3 is 1.62 bits per heavy atom. The van der Waals surface area contributed by atoms with Gasteiger partial charge < -0.3 is 2.85 Å². The number of rotatable bonds is 1. The van der Waals surface area contributed by atoms with Crippen molar-refractivity contribution < 1.29 is 79.1 Å². The zero-order valence-corrected chi connectivity index (χ0v) is 9.90. The van der Waals surface area contributed by atoms with Crippen molar-refractivity contribution >= 4 is 10.4 Å². The average molecular weight is 160 g/mol. The molecule has 0 aromatic carbocycles. The van der Waals surface area contributed by atoms with Crippen molar-refractivity contribution in [2.45, 2.75) is 0 Å². The maximum Gasteiger partial charge on any atom is 1.00 e. The van der Waals surface area contributed by atoms with Gasteiger partial charge in [-0.25, -0.2) is 0 Å². The van der Waals surface area contributed by atoms with Crippen molar-refractivity contribution in [3.63, 3.8) is 0 Å². The Labute approximate surface area is 95.5 Å². The molecule has 0 radical (unpaired) electrons. The smallest absolute Gasteiger partial charge is 1.00 e. The molecule has 0 amide bonds. The molecule has 42 valence electrons. The third-order valence-electron chi connectivity index (χ3n) is 0.211. The van der Waals surface area contributed by atoms with Crippen LogP contribution in [0.2, 0.25) is 0 Å². The Bertz CT molecular complexity index is 123. The molecule has 0 saturated heterocycles. The van der Waals surface area contributed by atoms with Gasteiger partial charge in [-0.05, 0) is 0 Å². The minimum atomic E-state index is -4.16. The molecule has 8 heavy (non-hydrogen) atoms. The van der Waals surface area contributed by atoms with Crippen molar-refractivity contribution in [2.75, 3.05) is 7.11 Å². The minimum absolute atomic E-state index is 0. The fraction of sp³-hybridized carbons (Fsp3) is 1.00. The second kappa shape index (κ2) is 6.98. The van der Waals surface area contributed by atoms with Gasteiger partial charge in [-0.2, -0.15) is 8.42 Å². The van der Waals surface area contributed by atoms with Crippen LogP contribution in [0.25, 0.3) is 0 Å². The Balaban J connectivity index is -0.0000000208. The van der Waals surface area contributed by atoms with Gasteiger partial charge in [0.2, 0.25) is 0 Å². The van der Waals surface area contributed by atoms with Crippen molar-refractivity contribution in [1.82, 2.24) is 0 Å². The Morgan fingerprint density at radius 1 is 1.50 bits per heavy atom. The molecule has 0 rings (SSSR count). The summed E-state index contributed by atoms with van der Waals surface area (Å²) in [5, 5.41) is 0. The molecule has 0 heterocycles. The van der Waals surface area contributed by atoms with Crippen LogP contribution in [-0.2, 0) is 14.6 Å². The molecule has 0 spiro atoms. The first-order valence-electron chi connectivity index (χ1n) is 1.09. The van der Waals surface area contributed by atoms with E-state index in [0.717, 1.165) is 7.11 Å². The van der Waals surface area contributed by atoms with E-state index in [1.54, 1.807) is 0 Å². The minimum Gasteiger partial charge on any atom is -1.00 e. The first kappa shape index (κ1) is 16.5. The first-order chi connectivity index (χ1) is 2.56. The zero-order valence-electron chi connectivity index (χ0n) is 7.08. The molecule has 0 bridgehead atoms. The topological polar surface area (TPSA) is 63.6 Å². The van der Waals surface area contributed by atoms with Crippen LogP contribution in [0.15, 0.2) is 0 Å². The predicted octanol–water partition coefficient (Wildman–Crippen LogP) is -6.33. The van der Waals surface area contributed by atoms with Crippen LogP contribution in [0.5, 0.6) is 0 Å². The van der Waals surface area contributed by atoms with E-state index in [0.29, 0.717) is 0 Å². The summed E-state index contributed by atoms with van der Waals surface area (Å²) in [6.45, 7) is 0. The summed E-state index contributed by atoms with van der Waals surface area (Å²) in [5.41, 5.74) is 0. The summed E-state index contributed by atoms with van der Waals surface area (Å²) in [7, 11) is -3.29. The maximum atomic E-state index is 9.33. The zero-order chi connectivity index (χ0) is 5.21. The maximum absolute atomic E-state index is 9.33. The number of hydrogen-bond donors (Lipinski definition) is 1. The van der Waals surface area contributed by atoms with Gasteiger partial charge in [-0.3, -0.25) is 8.74 Å². The third kappa shape index (κ3) is 15.7. The second-order valence-electron chi connectivity index (χ2n) is 0.594. The van der Waals surface area contributed by atoms with Gasteiger partial charge >= 0.3 is 69.5 Å². The van der Waals surface area contributed by atoms with E-state index >= 15 is 0 Å². The largest absolute Gasteiger partial charge is 1.00 e. The van der Waals surface area contributed by atoms with Crippen LogP contribution in [0.4, 0.5) is 0 Å². The molecule has 0 saturated carbocycles. The molecule has 0 aliphatic heterocycles. The molecule has 0 unspecified atom stereocenters. The monoisotopic (exact) mass is 160 g/mol. The molecular formula is CH6Na2O4S. The van der Waals surface area contributed by atoms with E-state index in [-0.39, 0.29) is 62.0 Å². The van der Waals surface area contributed by atoms with Gasteiger partial charge in [0, 0.05) is 0 Å². The Morgan fingerprint density at radius 2 is 1.62 bits per heavy atom. The van der Waals surface area contributed by atoms with Crippen molar-refractivity contribution in [3.8, 4) is 0 Å². The van der Waals surface area contributed by atoms with Gasteiger partial charge in [0.1, 0.15) is 0 Å². The standard InChI is InChI=1S/CH4O4S.2Na.2H/c1-5-6(2,3)4;;;;/h1H3,(H,2,3,4);;;;/q;2*+1;2*-1. The van der Waals surface area contributed by atoms with Crippen molar-refractivity contribution in [3.05, 3.63) is 0 Å². The summed E-state index contributed by atoms with van der Waals surface area (Å²) in [4.78, 5) is 0. The molecule has 0 aromatic heterocycles. The molecule has 0 fully saturated rings. The Hall–Kier alpha value is 1.87. The van der Waals surface area contributed by atoms with E-state index in [2.05, 4.69) is 4.18 Å². The van der Waals surface area contributed by atoms with E-state index in [4.69, 9.17) is 4.55 Å².